The molecule has 1 saturated heterocycles. The van der Waals surface area contributed by atoms with E-state index < -0.39 is 12.1 Å². The predicted molar refractivity (Wildman–Crippen MR) is 94.8 cm³/mol. The number of cyclic esters (lactones) is 1. The minimum absolute atomic E-state index is 0.0177. The molecule has 1 aromatic carbocycles. The van der Waals surface area contributed by atoms with Crippen molar-refractivity contribution in [2.24, 2.45) is 0 Å². The lowest BCUT2D eigenvalue weighted by Crippen LogP contribution is -2.52. The second kappa shape index (κ2) is 7.11. The normalized spacial score (nSPS) is 22.3. The van der Waals surface area contributed by atoms with Gasteiger partial charge in [-0.1, -0.05) is 18.2 Å². The topological polar surface area (TPSA) is 84.4 Å². The molecule has 0 saturated carbocycles. The maximum absolute atomic E-state index is 12.6. The summed E-state index contributed by atoms with van der Waals surface area (Å²) in [7, 11) is 0. The summed E-state index contributed by atoms with van der Waals surface area (Å²) >= 11 is 0. The van der Waals surface area contributed by atoms with Crippen LogP contribution in [0.2, 0.25) is 0 Å². The molecule has 7 heteroatoms. The first-order valence-corrected chi connectivity index (χ1v) is 8.82. The van der Waals surface area contributed by atoms with Gasteiger partial charge in [0.15, 0.2) is 6.10 Å². The lowest BCUT2D eigenvalue weighted by Gasteiger charge is -2.34. The van der Waals surface area contributed by atoms with E-state index in [2.05, 4.69) is 20.2 Å². The van der Waals surface area contributed by atoms with E-state index in [0.717, 1.165) is 24.9 Å². The molecule has 0 aliphatic carbocycles. The van der Waals surface area contributed by atoms with E-state index in [1.807, 2.05) is 12.1 Å². The highest BCUT2D eigenvalue weighted by Gasteiger charge is 2.33. The van der Waals surface area contributed by atoms with Crippen molar-refractivity contribution in [3.63, 3.8) is 0 Å². The molecule has 1 fully saturated rings. The Bertz CT molecular complexity index is 811. The van der Waals surface area contributed by atoms with Crippen LogP contribution in [0, 0.1) is 0 Å². The van der Waals surface area contributed by atoms with Gasteiger partial charge in [0.2, 0.25) is 5.95 Å². The number of hydrogen-bond acceptors (Lipinski definition) is 6. The number of nitrogens with one attached hydrogen (secondary N) is 1. The fourth-order valence-electron chi connectivity index (χ4n) is 3.50. The van der Waals surface area contributed by atoms with Crippen LogP contribution < -0.4 is 10.2 Å². The minimum atomic E-state index is -0.777. The van der Waals surface area contributed by atoms with E-state index in [-0.39, 0.29) is 11.9 Å². The molecular weight excluding hydrogens is 332 g/mol. The Hall–Kier alpha value is -2.96. The number of carbonyl (C=O) groups excluding carboxylic acids is 2. The van der Waals surface area contributed by atoms with Crippen molar-refractivity contribution in [3.8, 4) is 0 Å². The Labute approximate surface area is 151 Å². The molecule has 0 unspecified atom stereocenters. The number of hydrogen-bond donors (Lipinski definition) is 1. The van der Waals surface area contributed by atoms with Gasteiger partial charge in [0.05, 0.1) is 5.56 Å². The number of anilines is 1. The maximum atomic E-state index is 12.6. The van der Waals surface area contributed by atoms with Crippen molar-refractivity contribution in [1.29, 1.82) is 0 Å². The van der Waals surface area contributed by atoms with Gasteiger partial charge in [-0.2, -0.15) is 0 Å². The third kappa shape index (κ3) is 3.37. The standard InChI is InChI=1S/C19H20N4O3/c24-17(16-11-13-5-1-2-7-15(13)18(25)26-16)22-14-6-3-10-23(12-14)19-20-8-4-9-21-19/h1-2,4-5,7-9,14,16H,3,6,10-12H2,(H,22,24)/t14-,16+/m0/s1. The zero-order chi connectivity index (χ0) is 17.9. The fourth-order valence-corrected chi connectivity index (χ4v) is 3.50. The summed E-state index contributed by atoms with van der Waals surface area (Å²) in [5.41, 5.74) is 1.40. The van der Waals surface area contributed by atoms with Crippen LogP contribution in [0.5, 0.6) is 0 Å². The van der Waals surface area contributed by atoms with E-state index in [4.69, 9.17) is 4.74 Å². The second-order valence-electron chi connectivity index (χ2n) is 6.60. The molecule has 0 bridgehead atoms. The van der Waals surface area contributed by atoms with Crippen LogP contribution >= 0.6 is 0 Å². The number of esters is 1. The first-order chi connectivity index (χ1) is 12.7. The van der Waals surface area contributed by atoms with E-state index in [0.29, 0.717) is 24.5 Å². The highest BCUT2D eigenvalue weighted by Crippen LogP contribution is 2.21. The van der Waals surface area contributed by atoms with Crippen LogP contribution in [0.15, 0.2) is 42.7 Å². The zero-order valence-corrected chi connectivity index (χ0v) is 14.3. The Morgan fingerprint density at radius 2 is 2.00 bits per heavy atom. The van der Waals surface area contributed by atoms with Gasteiger partial charge in [0.1, 0.15) is 0 Å². The predicted octanol–water partition coefficient (Wildman–Crippen LogP) is 1.34. The number of rotatable bonds is 3. The van der Waals surface area contributed by atoms with Gasteiger partial charge in [0.25, 0.3) is 5.91 Å². The summed E-state index contributed by atoms with van der Waals surface area (Å²) in [5, 5.41) is 3.03. The number of carbonyl (C=O) groups is 2. The highest BCUT2D eigenvalue weighted by atomic mass is 16.5. The van der Waals surface area contributed by atoms with E-state index in [1.54, 1.807) is 30.6 Å². The van der Waals surface area contributed by atoms with Gasteiger partial charge >= 0.3 is 5.97 Å². The summed E-state index contributed by atoms with van der Waals surface area (Å²) in [6.45, 7) is 1.51. The Morgan fingerprint density at radius 1 is 1.19 bits per heavy atom. The van der Waals surface area contributed by atoms with Gasteiger partial charge in [-0.25, -0.2) is 14.8 Å². The number of aromatic nitrogens is 2. The third-order valence-corrected chi connectivity index (χ3v) is 4.79. The molecule has 0 radical (unpaired) electrons. The molecular formula is C19H20N4O3. The van der Waals surface area contributed by atoms with E-state index >= 15 is 0 Å². The SMILES string of the molecule is O=C1O[C@@H](C(=O)N[C@H]2CCCN(c3ncccn3)C2)Cc2ccccc21. The van der Waals surface area contributed by atoms with Gasteiger partial charge in [0, 0.05) is 37.9 Å². The molecule has 134 valence electrons. The first-order valence-electron chi connectivity index (χ1n) is 8.82. The molecule has 1 aromatic heterocycles. The van der Waals surface area contributed by atoms with Crippen molar-refractivity contribution in [1.82, 2.24) is 15.3 Å². The summed E-state index contributed by atoms with van der Waals surface area (Å²) in [4.78, 5) is 35.3. The summed E-state index contributed by atoms with van der Waals surface area (Å²) in [5.74, 6) is -0.00638. The number of nitrogens with zero attached hydrogens (tertiary/aromatic N) is 3. The Morgan fingerprint density at radius 3 is 2.85 bits per heavy atom. The monoisotopic (exact) mass is 352 g/mol. The smallest absolute Gasteiger partial charge is 0.339 e. The number of benzene rings is 1. The Balaban J connectivity index is 1.40. The van der Waals surface area contributed by atoms with Crippen molar-refractivity contribution < 1.29 is 14.3 Å². The molecule has 3 heterocycles. The number of ether oxygens (including phenoxy) is 1. The third-order valence-electron chi connectivity index (χ3n) is 4.79. The summed E-state index contributed by atoms with van der Waals surface area (Å²) in [6.07, 6.45) is 4.88. The van der Waals surface area contributed by atoms with Crippen LogP contribution in [-0.4, -0.2) is 47.1 Å². The van der Waals surface area contributed by atoms with Crippen LogP contribution in [0.4, 0.5) is 5.95 Å². The zero-order valence-electron chi connectivity index (χ0n) is 14.3. The number of piperidine rings is 1. The lowest BCUT2D eigenvalue weighted by atomic mass is 9.98. The number of amides is 1. The number of fused-ring (bicyclic) bond motifs is 1. The van der Waals surface area contributed by atoms with Crippen LogP contribution in [0.3, 0.4) is 0 Å². The largest absolute Gasteiger partial charge is 0.448 e. The molecule has 1 amide bonds. The average Bonchev–Trinajstić information content (AvgIpc) is 2.69. The molecule has 1 N–H and O–H groups in total. The Kier molecular flexibility index (Phi) is 4.51. The molecule has 26 heavy (non-hydrogen) atoms. The summed E-state index contributed by atoms with van der Waals surface area (Å²) < 4.78 is 5.34. The first kappa shape index (κ1) is 16.5. The van der Waals surface area contributed by atoms with Gasteiger partial charge < -0.3 is 15.0 Å². The van der Waals surface area contributed by atoms with Gasteiger partial charge in [-0.3, -0.25) is 4.79 Å². The second-order valence-corrected chi connectivity index (χ2v) is 6.60. The molecule has 0 spiro atoms. The minimum Gasteiger partial charge on any atom is -0.448 e. The van der Waals surface area contributed by atoms with Gasteiger partial charge in [-0.15, -0.1) is 0 Å². The highest BCUT2D eigenvalue weighted by molar-refractivity contribution is 5.95. The van der Waals surface area contributed by atoms with E-state index in [9.17, 15) is 9.59 Å². The van der Waals surface area contributed by atoms with Crippen LogP contribution in [0.25, 0.3) is 0 Å². The maximum Gasteiger partial charge on any atom is 0.339 e. The molecule has 2 aliphatic heterocycles. The molecule has 4 rings (SSSR count). The fraction of sp³-hybridized carbons (Fsp3) is 0.368. The van der Waals surface area contributed by atoms with Crippen molar-refractivity contribution in [3.05, 3.63) is 53.9 Å². The molecule has 7 nitrogen and oxygen atoms in total. The molecule has 2 aromatic rings. The van der Waals surface area contributed by atoms with E-state index in [1.165, 1.54) is 0 Å². The quantitative estimate of drug-likeness (QED) is 0.840. The van der Waals surface area contributed by atoms with Crippen molar-refractivity contribution >= 4 is 17.8 Å². The average molecular weight is 352 g/mol. The summed E-state index contributed by atoms with van der Waals surface area (Å²) in [6, 6.07) is 9.02. The lowest BCUT2D eigenvalue weighted by molar-refractivity contribution is -0.131. The van der Waals surface area contributed by atoms with Crippen LogP contribution in [0.1, 0.15) is 28.8 Å². The molecule has 2 aliphatic rings. The van der Waals surface area contributed by atoms with Crippen molar-refractivity contribution in [2.75, 3.05) is 18.0 Å². The van der Waals surface area contributed by atoms with Crippen molar-refractivity contribution in [2.45, 2.75) is 31.4 Å². The van der Waals surface area contributed by atoms with Crippen LogP contribution in [-0.2, 0) is 16.0 Å². The van der Waals surface area contributed by atoms with Gasteiger partial charge in [-0.05, 0) is 30.5 Å². The molecule has 2 atom stereocenters.